The lowest BCUT2D eigenvalue weighted by atomic mass is 10.3. The summed E-state index contributed by atoms with van der Waals surface area (Å²) in [7, 11) is 0. The van der Waals surface area contributed by atoms with Crippen LogP contribution in [0.15, 0.2) is 36.5 Å². The van der Waals surface area contributed by atoms with Gasteiger partial charge in [-0.15, -0.1) is 0 Å². The third-order valence-corrected chi connectivity index (χ3v) is 2.29. The van der Waals surface area contributed by atoms with Gasteiger partial charge in [0.15, 0.2) is 0 Å². The van der Waals surface area contributed by atoms with Crippen molar-refractivity contribution in [3.05, 3.63) is 46.6 Å². The molecular formula is C12H12N4O4. The van der Waals surface area contributed by atoms with Crippen molar-refractivity contribution in [2.45, 2.75) is 0 Å². The molecule has 1 heterocycles. The van der Waals surface area contributed by atoms with Crippen molar-refractivity contribution >= 4 is 11.6 Å². The van der Waals surface area contributed by atoms with Crippen LogP contribution in [-0.2, 0) is 0 Å². The van der Waals surface area contributed by atoms with Crippen LogP contribution in [-0.4, -0.2) is 28.1 Å². The van der Waals surface area contributed by atoms with E-state index in [4.69, 9.17) is 15.2 Å². The third-order valence-electron chi connectivity index (χ3n) is 2.29. The molecule has 8 nitrogen and oxygen atoms in total. The van der Waals surface area contributed by atoms with E-state index in [1.165, 1.54) is 0 Å². The Morgan fingerprint density at radius 1 is 1.20 bits per heavy atom. The molecule has 0 saturated carbocycles. The van der Waals surface area contributed by atoms with Crippen LogP contribution in [0.4, 0.5) is 11.6 Å². The van der Waals surface area contributed by atoms with Crippen LogP contribution in [0.3, 0.4) is 0 Å². The Bertz CT molecular complexity index is 591. The van der Waals surface area contributed by atoms with Gasteiger partial charge in [-0.2, -0.15) is 4.98 Å². The van der Waals surface area contributed by atoms with Gasteiger partial charge in [-0.05, 0) is 12.1 Å². The minimum absolute atomic E-state index is 0.0884. The molecule has 104 valence electrons. The summed E-state index contributed by atoms with van der Waals surface area (Å²) in [5, 5.41) is 10.8. The van der Waals surface area contributed by atoms with Crippen LogP contribution >= 0.6 is 0 Å². The quantitative estimate of drug-likeness (QED) is 0.482. The predicted molar refractivity (Wildman–Crippen MR) is 70.5 cm³/mol. The summed E-state index contributed by atoms with van der Waals surface area (Å²) in [6.45, 7) is 0.331. The molecule has 0 aliphatic carbocycles. The lowest BCUT2D eigenvalue weighted by Crippen LogP contribution is -2.11. The second-order valence-electron chi connectivity index (χ2n) is 3.69. The zero-order valence-electron chi connectivity index (χ0n) is 10.4. The van der Waals surface area contributed by atoms with E-state index >= 15 is 0 Å². The van der Waals surface area contributed by atoms with Crippen LogP contribution in [0.5, 0.6) is 11.6 Å². The van der Waals surface area contributed by atoms with Crippen molar-refractivity contribution in [3.8, 4) is 11.6 Å². The highest BCUT2D eigenvalue weighted by Crippen LogP contribution is 2.23. The molecular weight excluding hydrogens is 264 g/mol. The average molecular weight is 276 g/mol. The Kier molecular flexibility index (Phi) is 4.28. The number of rotatable bonds is 6. The molecule has 2 rings (SSSR count). The maximum Gasteiger partial charge on any atom is 0.349 e. The lowest BCUT2D eigenvalue weighted by Gasteiger charge is -2.07. The van der Waals surface area contributed by atoms with Crippen LogP contribution in [0, 0.1) is 10.1 Å². The smallest absolute Gasteiger partial charge is 0.349 e. The summed E-state index contributed by atoms with van der Waals surface area (Å²) in [5.74, 6) is 0.432. The van der Waals surface area contributed by atoms with Crippen molar-refractivity contribution in [3.63, 3.8) is 0 Å². The number of nitrogen functional groups attached to an aromatic ring is 1. The van der Waals surface area contributed by atoms with Crippen molar-refractivity contribution in [2.24, 2.45) is 0 Å². The molecule has 8 heteroatoms. The van der Waals surface area contributed by atoms with Crippen molar-refractivity contribution < 1.29 is 14.4 Å². The number of para-hydroxylation sites is 1. The van der Waals surface area contributed by atoms with Gasteiger partial charge in [0.2, 0.25) is 5.95 Å². The number of ether oxygens (including phenoxy) is 2. The predicted octanol–water partition coefficient (Wildman–Crippen LogP) is 1.42. The third kappa shape index (κ3) is 3.55. The van der Waals surface area contributed by atoms with Gasteiger partial charge in [0.25, 0.3) is 5.88 Å². The fourth-order valence-corrected chi connectivity index (χ4v) is 1.42. The standard InChI is InChI=1S/C12H12N4O4/c13-12-14-8-10(16(17)18)11(15-12)20-7-6-19-9-4-2-1-3-5-9/h1-5,8H,6-7H2,(H2,13,14,15). The molecule has 0 saturated heterocycles. The van der Waals surface area contributed by atoms with Crippen molar-refractivity contribution in [1.82, 2.24) is 9.97 Å². The molecule has 0 spiro atoms. The number of hydrogen-bond acceptors (Lipinski definition) is 7. The first-order valence-electron chi connectivity index (χ1n) is 5.74. The van der Waals surface area contributed by atoms with Crippen LogP contribution < -0.4 is 15.2 Å². The fourth-order valence-electron chi connectivity index (χ4n) is 1.42. The lowest BCUT2D eigenvalue weighted by molar-refractivity contribution is -0.386. The van der Waals surface area contributed by atoms with Gasteiger partial charge >= 0.3 is 5.69 Å². The summed E-state index contributed by atoms with van der Waals surface area (Å²) in [6.07, 6.45) is 1.01. The highest BCUT2D eigenvalue weighted by molar-refractivity contribution is 5.41. The largest absolute Gasteiger partial charge is 0.490 e. The van der Waals surface area contributed by atoms with E-state index < -0.39 is 4.92 Å². The fraction of sp³-hybridized carbons (Fsp3) is 0.167. The highest BCUT2D eigenvalue weighted by atomic mass is 16.6. The minimum atomic E-state index is -0.632. The van der Waals surface area contributed by atoms with Gasteiger partial charge in [-0.3, -0.25) is 10.1 Å². The summed E-state index contributed by atoms with van der Waals surface area (Å²) in [4.78, 5) is 17.4. The highest BCUT2D eigenvalue weighted by Gasteiger charge is 2.18. The zero-order valence-corrected chi connectivity index (χ0v) is 10.4. The maximum absolute atomic E-state index is 10.8. The number of aromatic nitrogens is 2. The van der Waals surface area contributed by atoms with E-state index in [2.05, 4.69) is 9.97 Å². The number of benzene rings is 1. The van der Waals surface area contributed by atoms with Gasteiger partial charge in [-0.1, -0.05) is 18.2 Å². The van der Waals surface area contributed by atoms with E-state index in [0.29, 0.717) is 5.75 Å². The molecule has 0 radical (unpaired) electrons. The Hall–Kier alpha value is -2.90. The van der Waals surface area contributed by atoms with E-state index in [9.17, 15) is 10.1 Å². The average Bonchev–Trinajstić information content (AvgIpc) is 2.44. The Balaban J connectivity index is 1.91. The number of nitrogens with zero attached hydrogens (tertiary/aromatic N) is 3. The summed E-state index contributed by atoms with van der Waals surface area (Å²) in [6, 6.07) is 9.14. The van der Waals surface area contributed by atoms with E-state index in [1.807, 2.05) is 18.2 Å². The van der Waals surface area contributed by atoms with Gasteiger partial charge < -0.3 is 15.2 Å². The first-order valence-corrected chi connectivity index (χ1v) is 5.74. The van der Waals surface area contributed by atoms with Gasteiger partial charge in [-0.25, -0.2) is 4.98 Å². The number of nitrogens with two attached hydrogens (primary N) is 1. The second-order valence-corrected chi connectivity index (χ2v) is 3.69. The topological polar surface area (TPSA) is 113 Å². The number of nitro groups is 1. The molecule has 1 aromatic heterocycles. The summed E-state index contributed by atoms with van der Waals surface area (Å²) in [5.41, 5.74) is 5.03. The van der Waals surface area contributed by atoms with E-state index in [1.54, 1.807) is 12.1 Å². The number of anilines is 1. The first-order chi connectivity index (χ1) is 9.66. The van der Waals surface area contributed by atoms with Crippen molar-refractivity contribution in [2.75, 3.05) is 18.9 Å². The molecule has 20 heavy (non-hydrogen) atoms. The summed E-state index contributed by atoms with van der Waals surface area (Å²) >= 11 is 0. The molecule has 2 aromatic rings. The maximum atomic E-state index is 10.8. The number of hydrogen-bond donors (Lipinski definition) is 1. The molecule has 0 amide bonds. The monoisotopic (exact) mass is 276 g/mol. The van der Waals surface area contributed by atoms with Crippen LogP contribution in [0.2, 0.25) is 0 Å². The van der Waals surface area contributed by atoms with Gasteiger partial charge in [0.05, 0.1) is 4.92 Å². The minimum Gasteiger partial charge on any atom is -0.490 e. The molecule has 1 aromatic carbocycles. The molecule has 0 aliphatic rings. The van der Waals surface area contributed by atoms with Gasteiger partial charge in [0, 0.05) is 0 Å². The van der Waals surface area contributed by atoms with E-state index in [0.717, 1.165) is 6.20 Å². The van der Waals surface area contributed by atoms with Crippen LogP contribution in [0.25, 0.3) is 0 Å². The Morgan fingerprint density at radius 3 is 2.60 bits per heavy atom. The van der Waals surface area contributed by atoms with E-state index in [-0.39, 0.29) is 30.7 Å². The molecule has 2 N–H and O–H groups in total. The van der Waals surface area contributed by atoms with Crippen LogP contribution in [0.1, 0.15) is 0 Å². The Labute approximate surface area is 114 Å². The van der Waals surface area contributed by atoms with Gasteiger partial charge in [0.1, 0.15) is 25.2 Å². The molecule has 0 unspecified atom stereocenters. The van der Waals surface area contributed by atoms with Crippen molar-refractivity contribution in [1.29, 1.82) is 0 Å². The molecule has 0 bridgehead atoms. The molecule has 0 aliphatic heterocycles. The summed E-state index contributed by atoms with van der Waals surface area (Å²) < 4.78 is 10.6. The normalized spacial score (nSPS) is 10.0. The Morgan fingerprint density at radius 2 is 1.90 bits per heavy atom. The zero-order chi connectivity index (χ0) is 14.4. The first kappa shape index (κ1) is 13.5. The SMILES string of the molecule is Nc1ncc([N+](=O)[O-])c(OCCOc2ccccc2)n1. The molecule has 0 atom stereocenters. The second kappa shape index (κ2) is 6.32. The molecule has 0 fully saturated rings.